The van der Waals surface area contributed by atoms with Gasteiger partial charge >= 0.3 is 0 Å². The number of hydrogen-bond donors (Lipinski definition) is 0. The van der Waals surface area contributed by atoms with Crippen molar-refractivity contribution in [2.45, 2.75) is 6.42 Å². The first-order valence-corrected chi connectivity index (χ1v) is 6.07. The molecule has 1 aliphatic rings. The summed E-state index contributed by atoms with van der Waals surface area (Å²) in [5.41, 5.74) is 2.09. The molecule has 18 heavy (non-hydrogen) atoms. The summed E-state index contributed by atoms with van der Waals surface area (Å²) >= 11 is 0. The van der Waals surface area contributed by atoms with Gasteiger partial charge in [-0.1, -0.05) is 11.2 Å². The Morgan fingerprint density at radius 2 is 2.22 bits per heavy atom. The van der Waals surface area contributed by atoms with Gasteiger partial charge in [-0.3, -0.25) is 0 Å². The Morgan fingerprint density at radius 1 is 1.33 bits per heavy atom. The highest BCUT2D eigenvalue weighted by Crippen LogP contribution is 2.22. The van der Waals surface area contributed by atoms with Gasteiger partial charge in [-0.2, -0.15) is 4.98 Å². The molecule has 0 fully saturated rings. The highest BCUT2D eigenvalue weighted by molar-refractivity contribution is 5.63. The molecule has 0 saturated carbocycles. The number of hydrogen-bond acceptors (Lipinski definition) is 4. The third-order valence-corrected chi connectivity index (χ3v) is 3.22. The summed E-state index contributed by atoms with van der Waals surface area (Å²) in [4.78, 5) is 6.74. The van der Waals surface area contributed by atoms with Gasteiger partial charge in [0, 0.05) is 31.9 Å². The Hall–Kier alpha value is -1.88. The number of aryl methyl sites for hydroxylation is 1. The Labute approximate surface area is 106 Å². The van der Waals surface area contributed by atoms with E-state index in [9.17, 15) is 0 Å². The van der Waals surface area contributed by atoms with Crippen LogP contribution in [0.15, 0.2) is 28.9 Å². The topological polar surface area (TPSA) is 47.1 Å². The summed E-state index contributed by atoms with van der Waals surface area (Å²) in [6, 6.07) is 3.94. The maximum atomic E-state index is 5.34. The molecule has 0 amide bonds. The van der Waals surface area contributed by atoms with E-state index in [0.717, 1.165) is 30.8 Å². The number of rotatable bonds is 2. The zero-order chi connectivity index (χ0) is 12.5. The van der Waals surface area contributed by atoms with Crippen LogP contribution in [-0.2, 0) is 7.05 Å². The van der Waals surface area contributed by atoms with Gasteiger partial charge in [0.1, 0.15) is 5.69 Å². The molecule has 0 bridgehead atoms. The molecule has 1 aliphatic heterocycles. The molecule has 94 valence electrons. The summed E-state index contributed by atoms with van der Waals surface area (Å²) in [5, 5.41) is 4.08. The Kier molecular flexibility index (Phi) is 2.76. The number of nitrogens with zero attached hydrogens (tertiary/aromatic N) is 4. The molecule has 3 heterocycles. The lowest BCUT2D eigenvalue weighted by Gasteiger charge is -2.20. The third kappa shape index (κ3) is 1.97. The average Bonchev–Trinajstić information content (AvgIpc) is 2.97. The molecule has 3 rings (SSSR count). The monoisotopic (exact) mass is 244 g/mol. The van der Waals surface area contributed by atoms with Crippen LogP contribution in [-0.4, -0.2) is 39.7 Å². The van der Waals surface area contributed by atoms with Crippen molar-refractivity contribution in [3.8, 4) is 11.6 Å². The van der Waals surface area contributed by atoms with Crippen molar-refractivity contribution in [2.24, 2.45) is 7.05 Å². The number of aromatic nitrogens is 3. The van der Waals surface area contributed by atoms with Gasteiger partial charge in [0.05, 0.1) is 0 Å². The second-order valence-corrected chi connectivity index (χ2v) is 4.68. The van der Waals surface area contributed by atoms with Gasteiger partial charge in [-0.05, 0) is 25.6 Å². The van der Waals surface area contributed by atoms with Crippen LogP contribution in [0.1, 0.15) is 12.2 Å². The van der Waals surface area contributed by atoms with E-state index in [0.29, 0.717) is 11.7 Å². The van der Waals surface area contributed by atoms with E-state index >= 15 is 0 Å². The quantitative estimate of drug-likeness (QED) is 0.808. The fourth-order valence-electron chi connectivity index (χ4n) is 2.20. The molecule has 0 aliphatic carbocycles. The Balaban J connectivity index is 1.90. The first-order chi connectivity index (χ1) is 8.74. The second kappa shape index (κ2) is 4.42. The first-order valence-electron chi connectivity index (χ1n) is 6.07. The average molecular weight is 244 g/mol. The summed E-state index contributed by atoms with van der Waals surface area (Å²) < 4.78 is 7.31. The molecular weight excluding hydrogens is 228 g/mol. The summed E-state index contributed by atoms with van der Waals surface area (Å²) in [6.45, 7) is 1.97. The SMILES string of the molecule is CN1CCC=C(c2noc(-c3cccn3C)n2)C1. The predicted molar refractivity (Wildman–Crippen MR) is 68.8 cm³/mol. The van der Waals surface area contributed by atoms with Crippen molar-refractivity contribution in [3.05, 3.63) is 30.2 Å². The Bertz CT molecular complexity index is 581. The van der Waals surface area contributed by atoms with Crippen LogP contribution in [0.3, 0.4) is 0 Å². The lowest BCUT2D eigenvalue weighted by Crippen LogP contribution is -2.25. The fraction of sp³-hybridized carbons (Fsp3) is 0.385. The van der Waals surface area contributed by atoms with Gasteiger partial charge in [0.15, 0.2) is 5.82 Å². The number of likely N-dealkylation sites (N-methyl/N-ethyl adjacent to an activating group) is 1. The van der Waals surface area contributed by atoms with Crippen molar-refractivity contribution < 1.29 is 4.52 Å². The van der Waals surface area contributed by atoms with Crippen molar-refractivity contribution in [1.82, 2.24) is 19.6 Å². The zero-order valence-electron chi connectivity index (χ0n) is 10.6. The molecule has 0 N–H and O–H groups in total. The van der Waals surface area contributed by atoms with Crippen molar-refractivity contribution in [2.75, 3.05) is 20.1 Å². The Morgan fingerprint density at radius 3 is 2.94 bits per heavy atom. The largest absolute Gasteiger partial charge is 0.347 e. The first kappa shape index (κ1) is 11.2. The maximum Gasteiger partial charge on any atom is 0.274 e. The predicted octanol–water partition coefficient (Wildman–Crippen LogP) is 1.79. The maximum absolute atomic E-state index is 5.34. The molecule has 2 aromatic rings. The summed E-state index contributed by atoms with van der Waals surface area (Å²) in [6.07, 6.45) is 5.20. The zero-order valence-corrected chi connectivity index (χ0v) is 10.6. The van der Waals surface area contributed by atoms with E-state index in [4.69, 9.17) is 4.52 Å². The summed E-state index contributed by atoms with van der Waals surface area (Å²) in [5.74, 6) is 1.28. The minimum atomic E-state index is 0.576. The molecule has 0 unspecified atom stereocenters. The van der Waals surface area contributed by atoms with E-state index < -0.39 is 0 Å². The van der Waals surface area contributed by atoms with Gasteiger partial charge in [0.25, 0.3) is 5.89 Å². The van der Waals surface area contributed by atoms with E-state index in [1.807, 2.05) is 29.9 Å². The fourth-order valence-corrected chi connectivity index (χ4v) is 2.20. The normalized spacial score (nSPS) is 16.9. The molecule has 5 heteroatoms. The van der Waals surface area contributed by atoms with Crippen LogP contribution < -0.4 is 0 Å². The van der Waals surface area contributed by atoms with Crippen LogP contribution in [0, 0.1) is 0 Å². The molecular formula is C13H16N4O. The van der Waals surface area contributed by atoms with Gasteiger partial charge < -0.3 is 14.0 Å². The van der Waals surface area contributed by atoms with E-state index in [-0.39, 0.29) is 0 Å². The minimum Gasteiger partial charge on any atom is -0.347 e. The molecule has 0 atom stereocenters. The highest BCUT2D eigenvalue weighted by Gasteiger charge is 2.17. The lowest BCUT2D eigenvalue weighted by atomic mass is 10.1. The van der Waals surface area contributed by atoms with Gasteiger partial charge in [-0.15, -0.1) is 0 Å². The van der Waals surface area contributed by atoms with E-state index in [1.165, 1.54) is 0 Å². The van der Waals surface area contributed by atoms with Crippen LogP contribution in [0.5, 0.6) is 0 Å². The molecule has 0 radical (unpaired) electrons. The summed E-state index contributed by atoms with van der Waals surface area (Å²) in [7, 11) is 4.07. The van der Waals surface area contributed by atoms with Gasteiger partial charge in [0.2, 0.25) is 0 Å². The molecule has 5 nitrogen and oxygen atoms in total. The van der Waals surface area contributed by atoms with E-state index in [2.05, 4.69) is 28.2 Å². The molecule has 2 aromatic heterocycles. The third-order valence-electron chi connectivity index (χ3n) is 3.22. The van der Waals surface area contributed by atoms with Crippen LogP contribution in [0.25, 0.3) is 17.2 Å². The molecule has 0 spiro atoms. The minimum absolute atomic E-state index is 0.576. The lowest BCUT2D eigenvalue weighted by molar-refractivity contribution is 0.370. The van der Waals surface area contributed by atoms with Crippen molar-refractivity contribution >= 4 is 5.57 Å². The smallest absolute Gasteiger partial charge is 0.274 e. The van der Waals surface area contributed by atoms with Crippen molar-refractivity contribution in [1.29, 1.82) is 0 Å². The second-order valence-electron chi connectivity index (χ2n) is 4.68. The standard InChI is InChI=1S/C13H16N4O/c1-16-7-3-5-10(9-16)12-14-13(18-15-12)11-6-4-8-17(11)2/h4-6,8H,3,7,9H2,1-2H3. The molecule has 0 saturated heterocycles. The highest BCUT2D eigenvalue weighted by atomic mass is 16.5. The van der Waals surface area contributed by atoms with Crippen LogP contribution in [0.4, 0.5) is 0 Å². The van der Waals surface area contributed by atoms with Crippen LogP contribution in [0.2, 0.25) is 0 Å². The molecule has 0 aromatic carbocycles. The van der Waals surface area contributed by atoms with E-state index in [1.54, 1.807) is 0 Å². The van der Waals surface area contributed by atoms with Crippen molar-refractivity contribution in [3.63, 3.8) is 0 Å². The van der Waals surface area contributed by atoms with Gasteiger partial charge in [-0.25, -0.2) is 0 Å². The van der Waals surface area contributed by atoms with Crippen LogP contribution >= 0.6 is 0 Å².